The molecule has 0 aliphatic rings. The maximum atomic E-state index is 9.14. The fraction of sp³-hybridized carbons (Fsp3) is 0.200. The molecule has 0 unspecified atom stereocenters. The van der Waals surface area contributed by atoms with Crippen molar-refractivity contribution >= 4 is 15.9 Å². The van der Waals surface area contributed by atoms with E-state index in [1.54, 1.807) is 0 Å². The molecular formula is C15H16BrNO2. The van der Waals surface area contributed by atoms with E-state index in [-0.39, 0.29) is 6.61 Å². The van der Waals surface area contributed by atoms with Crippen molar-refractivity contribution in [3.05, 3.63) is 58.1 Å². The van der Waals surface area contributed by atoms with Gasteiger partial charge in [-0.05, 0) is 36.9 Å². The molecule has 2 N–H and O–H groups in total. The second-order valence-electron chi connectivity index (χ2n) is 4.19. The number of aliphatic hydroxyl groups excluding tert-OH is 1. The van der Waals surface area contributed by atoms with Crippen LogP contribution in [0.1, 0.15) is 11.1 Å². The van der Waals surface area contributed by atoms with Crippen LogP contribution in [0.15, 0.2) is 46.9 Å². The Kier molecular flexibility index (Phi) is 4.96. The standard InChI is InChI=1S/C15H16BrNO2/c1-17-9-12-5-6-13(16)8-15(12)19-14-4-2-3-11(7-14)10-18/h2-8,17-18H,9-10H2,1H3. The predicted molar refractivity (Wildman–Crippen MR) is 79.3 cm³/mol. The van der Waals surface area contributed by atoms with Crippen LogP contribution >= 0.6 is 15.9 Å². The van der Waals surface area contributed by atoms with Gasteiger partial charge in [-0.2, -0.15) is 0 Å². The van der Waals surface area contributed by atoms with Crippen LogP contribution < -0.4 is 10.1 Å². The van der Waals surface area contributed by atoms with Gasteiger partial charge in [-0.15, -0.1) is 0 Å². The molecule has 0 amide bonds. The second kappa shape index (κ2) is 6.70. The maximum absolute atomic E-state index is 9.14. The van der Waals surface area contributed by atoms with Gasteiger partial charge in [-0.25, -0.2) is 0 Å². The molecule has 0 heterocycles. The van der Waals surface area contributed by atoms with E-state index < -0.39 is 0 Å². The zero-order valence-electron chi connectivity index (χ0n) is 10.7. The largest absolute Gasteiger partial charge is 0.457 e. The summed E-state index contributed by atoms with van der Waals surface area (Å²) in [6.45, 7) is 0.751. The zero-order valence-corrected chi connectivity index (χ0v) is 12.3. The van der Waals surface area contributed by atoms with Crippen LogP contribution in [0.4, 0.5) is 0 Å². The van der Waals surface area contributed by atoms with Crippen LogP contribution in [0.5, 0.6) is 11.5 Å². The fourth-order valence-electron chi connectivity index (χ4n) is 1.79. The maximum Gasteiger partial charge on any atom is 0.133 e. The third-order valence-electron chi connectivity index (χ3n) is 2.71. The van der Waals surface area contributed by atoms with Gasteiger partial charge in [0.15, 0.2) is 0 Å². The Morgan fingerprint density at radius 2 is 2.05 bits per heavy atom. The molecule has 0 bridgehead atoms. The van der Waals surface area contributed by atoms with Crippen LogP contribution in [-0.2, 0) is 13.2 Å². The molecule has 4 heteroatoms. The Morgan fingerprint density at radius 3 is 2.79 bits per heavy atom. The number of halogens is 1. The number of hydrogen-bond acceptors (Lipinski definition) is 3. The summed E-state index contributed by atoms with van der Waals surface area (Å²) in [6.07, 6.45) is 0. The molecule has 2 aromatic carbocycles. The molecule has 0 fully saturated rings. The predicted octanol–water partition coefficient (Wildman–Crippen LogP) is 3.45. The van der Waals surface area contributed by atoms with Crippen molar-refractivity contribution < 1.29 is 9.84 Å². The Bertz CT molecular complexity index is 558. The summed E-state index contributed by atoms with van der Waals surface area (Å²) >= 11 is 3.45. The van der Waals surface area contributed by atoms with Crippen LogP contribution in [0, 0.1) is 0 Å². The number of rotatable bonds is 5. The zero-order chi connectivity index (χ0) is 13.7. The van der Waals surface area contributed by atoms with Crippen LogP contribution in [0.25, 0.3) is 0 Å². The van der Waals surface area contributed by atoms with Crippen LogP contribution in [0.3, 0.4) is 0 Å². The first kappa shape index (κ1) is 14.1. The molecule has 100 valence electrons. The summed E-state index contributed by atoms with van der Waals surface area (Å²) in [7, 11) is 1.90. The first-order chi connectivity index (χ1) is 9.22. The summed E-state index contributed by atoms with van der Waals surface area (Å²) in [5.74, 6) is 1.53. The van der Waals surface area contributed by atoms with E-state index in [9.17, 15) is 0 Å². The molecule has 0 saturated heterocycles. The molecular weight excluding hydrogens is 306 g/mol. The third kappa shape index (κ3) is 3.80. The summed E-state index contributed by atoms with van der Waals surface area (Å²) in [6, 6.07) is 13.4. The van der Waals surface area contributed by atoms with E-state index >= 15 is 0 Å². The van der Waals surface area contributed by atoms with Crippen molar-refractivity contribution in [2.24, 2.45) is 0 Å². The molecule has 0 radical (unpaired) electrons. The van der Waals surface area contributed by atoms with Crippen molar-refractivity contribution in [1.29, 1.82) is 0 Å². The van der Waals surface area contributed by atoms with E-state index in [4.69, 9.17) is 9.84 Å². The molecule has 19 heavy (non-hydrogen) atoms. The van der Waals surface area contributed by atoms with Crippen molar-refractivity contribution in [3.8, 4) is 11.5 Å². The highest BCUT2D eigenvalue weighted by Gasteiger charge is 2.06. The number of hydrogen-bond donors (Lipinski definition) is 2. The van der Waals surface area contributed by atoms with Gasteiger partial charge in [0, 0.05) is 16.6 Å². The number of aliphatic hydroxyl groups is 1. The van der Waals surface area contributed by atoms with Gasteiger partial charge in [-0.1, -0.05) is 34.1 Å². The normalized spacial score (nSPS) is 10.5. The van der Waals surface area contributed by atoms with Gasteiger partial charge < -0.3 is 15.2 Å². The number of nitrogens with one attached hydrogen (secondary N) is 1. The van der Waals surface area contributed by atoms with Crippen LogP contribution in [-0.4, -0.2) is 12.2 Å². The minimum absolute atomic E-state index is 0.0130. The SMILES string of the molecule is CNCc1ccc(Br)cc1Oc1cccc(CO)c1. The van der Waals surface area contributed by atoms with Gasteiger partial charge >= 0.3 is 0 Å². The highest BCUT2D eigenvalue weighted by atomic mass is 79.9. The Hall–Kier alpha value is -1.36. The van der Waals surface area contributed by atoms with Crippen molar-refractivity contribution in [2.45, 2.75) is 13.2 Å². The Morgan fingerprint density at radius 1 is 1.21 bits per heavy atom. The Balaban J connectivity index is 2.28. The van der Waals surface area contributed by atoms with Gasteiger partial charge in [0.1, 0.15) is 11.5 Å². The smallest absolute Gasteiger partial charge is 0.133 e. The molecule has 2 aromatic rings. The Labute approximate surface area is 121 Å². The third-order valence-corrected chi connectivity index (χ3v) is 3.20. The molecule has 0 aromatic heterocycles. The summed E-state index contributed by atoms with van der Waals surface area (Å²) in [5, 5.41) is 12.3. The summed E-state index contributed by atoms with van der Waals surface area (Å²) in [4.78, 5) is 0. The van der Waals surface area contributed by atoms with E-state index in [0.717, 1.165) is 33.6 Å². The molecule has 3 nitrogen and oxygen atoms in total. The summed E-state index contributed by atoms with van der Waals surface area (Å²) < 4.78 is 6.88. The van der Waals surface area contributed by atoms with Gasteiger partial charge in [0.2, 0.25) is 0 Å². The van der Waals surface area contributed by atoms with Crippen molar-refractivity contribution in [1.82, 2.24) is 5.32 Å². The number of benzene rings is 2. The second-order valence-corrected chi connectivity index (χ2v) is 5.11. The quantitative estimate of drug-likeness (QED) is 0.886. The summed E-state index contributed by atoms with van der Waals surface area (Å²) in [5.41, 5.74) is 1.92. The molecule has 0 aliphatic carbocycles. The van der Waals surface area contributed by atoms with Crippen molar-refractivity contribution in [2.75, 3.05) is 7.05 Å². The number of ether oxygens (including phenoxy) is 1. The fourth-order valence-corrected chi connectivity index (χ4v) is 2.13. The first-order valence-corrected chi connectivity index (χ1v) is 6.83. The minimum atomic E-state index is 0.0130. The molecule has 0 atom stereocenters. The lowest BCUT2D eigenvalue weighted by molar-refractivity contribution is 0.281. The van der Waals surface area contributed by atoms with Gasteiger partial charge in [-0.3, -0.25) is 0 Å². The average molecular weight is 322 g/mol. The molecule has 0 aliphatic heterocycles. The van der Waals surface area contributed by atoms with Crippen LogP contribution in [0.2, 0.25) is 0 Å². The van der Waals surface area contributed by atoms with E-state index in [2.05, 4.69) is 21.2 Å². The van der Waals surface area contributed by atoms with Crippen molar-refractivity contribution in [3.63, 3.8) is 0 Å². The van der Waals surface area contributed by atoms with Gasteiger partial charge in [0.25, 0.3) is 0 Å². The average Bonchev–Trinajstić information content (AvgIpc) is 2.42. The topological polar surface area (TPSA) is 41.5 Å². The van der Waals surface area contributed by atoms with E-state index in [0.29, 0.717) is 0 Å². The molecule has 2 rings (SSSR count). The highest BCUT2D eigenvalue weighted by molar-refractivity contribution is 9.10. The first-order valence-electron chi connectivity index (χ1n) is 6.03. The lowest BCUT2D eigenvalue weighted by atomic mass is 10.2. The lowest BCUT2D eigenvalue weighted by Crippen LogP contribution is -2.06. The molecule has 0 spiro atoms. The lowest BCUT2D eigenvalue weighted by Gasteiger charge is -2.12. The van der Waals surface area contributed by atoms with E-state index in [1.165, 1.54) is 0 Å². The minimum Gasteiger partial charge on any atom is -0.457 e. The van der Waals surface area contributed by atoms with E-state index in [1.807, 2.05) is 49.5 Å². The molecule has 0 saturated carbocycles. The van der Waals surface area contributed by atoms with Gasteiger partial charge in [0.05, 0.1) is 6.61 Å². The monoisotopic (exact) mass is 321 g/mol. The highest BCUT2D eigenvalue weighted by Crippen LogP contribution is 2.29.